The highest BCUT2D eigenvalue weighted by atomic mass is 35.5. The number of imide groups is 1. The summed E-state index contributed by atoms with van der Waals surface area (Å²) in [5.41, 5.74) is 1.01. The van der Waals surface area contributed by atoms with Crippen LogP contribution in [0, 0.1) is 16.0 Å². The highest BCUT2D eigenvalue weighted by Crippen LogP contribution is 2.49. The molecular weight excluding hydrogens is 396 g/mol. The Morgan fingerprint density at radius 2 is 1.66 bits per heavy atom. The van der Waals surface area contributed by atoms with Gasteiger partial charge in [0.2, 0.25) is 5.91 Å². The Bertz CT molecular complexity index is 1030. The summed E-state index contributed by atoms with van der Waals surface area (Å²) in [5, 5.41) is 15.8. The van der Waals surface area contributed by atoms with Gasteiger partial charge in [-0.05, 0) is 30.2 Å². The maximum atomic E-state index is 13.4. The molecule has 0 saturated carbocycles. The fraction of sp³-hybridized carbons (Fsp3) is 0.300. The van der Waals surface area contributed by atoms with Crippen LogP contribution in [0.5, 0.6) is 0 Å². The van der Waals surface area contributed by atoms with Gasteiger partial charge in [-0.1, -0.05) is 29.8 Å². The largest absolute Gasteiger partial charge is 0.274 e. The molecule has 0 aliphatic carbocycles. The van der Waals surface area contributed by atoms with Crippen LogP contribution < -0.4 is 4.90 Å². The molecule has 3 fully saturated rings. The van der Waals surface area contributed by atoms with Gasteiger partial charge in [0.05, 0.1) is 22.6 Å². The lowest BCUT2D eigenvalue weighted by molar-refractivity contribution is -0.384. The maximum absolute atomic E-state index is 13.4. The maximum Gasteiger partial charge on any atom is 0.271 e. The van der Waals surface area contributed by atoms with E-state index in [-0.39, 0.29) is 29.2 Å². The number of fused-ring (bicyclic) bond motifs is 3. The fourth-order valence-corrected chi connectivity index (χ4v) is 4.90. The van der Waals surface area contributed by atoms with Crippen LogP contribution in [-0.2, 0) is 9.59 Å². The SMILES string of the molecule is O=C1[C@H]2[C@H](C(=O)N1c1cccc([N+](=O)[O-])c1)N1CCCN1[C@H]2c1ccc(Cl)cc1. The van der Waals surface area contributed by atoms with E-state index in [4.69, 9.17) is 11.6 Å². The predicted molar refractivity (Wildman–Crippen MR) is 105 cm³/mol. The van der Waals surface area contributed by atoms with Gasteiger partial charge in [0.1, 0.15) is 6.04 Å². The van der Waals surface area contributed by atoms with Gasteiger partial charge >= 0.3 is 0 Å². The summed E-state index contributed by atoms with van der Waals surface area (Å²) >= 11 is 6.03. The summed E-state index contributed by atoms with van der Waals surface area (Å²) in [6.07, 6.45) is 0.908. The number of hydrazine groups is 1. The van der Waals surface area contributed by atoms with Crippen molar-refractivity contribution in [3.8, 4) is 0 Å². The number of hydrogen-bond acceptors (Lipinski definition) is 6. The van der Waals surface area contributed by atoms with Gasteiger partial charge in [-0.15, -0.1) is 0 Å². The summed E-state index contributed by atoms with van der Waals surface area (Å²) < 4.78 is 0. The molecule has 0 bridgehead atoms. The second-order valence-corrected chi connectivity index (χ2v) is 7.87. The summed E-state index contributed by atoms with van der Waals surface area (Å²) in [5.74, 6) is -1.22. The third kappa shape index (κ3) is 2.67. The molecular formula is C20H17ClN4O4. The van der Waals surface area contributed by atoms with E-state index < -0.39 is 16.9 Å². The zero-order valence-corrected chi connectivity index (χ0v) is 16.0. The monoisotopic (exact) mass is 412 g/mol. The first kappa shape index (κ1) is 18.2. The van der Waals surface area contributed by atoms with Gasteiger partial charge in [0.25, 0.3) is 11.6 Å². The first-order valence-corrected chi connectivity index (χ1v) is 9.76. The number of nitro benzene ring substituents is 1. The normalized spacial score (nSPS) is 26.8. The molecule has 148 valence electrons. The third-order valence-electron chi connectivity index (χ3n) is 5.92. The van der Waals surface area contributed by atoms with Gasteiger partial charge in [0.15, 0.2) is 0 Å². The van der Waals surface area contributed by atoms with Crippen LogP contribution in [0.25, 0.3) is 0 Å². The van der Waals surface area contributed by atoms with E-state index in [2.05, 4.69) is 5.01 Å². The minimum absolute atomic E-state index is 0.155. The number of anilines is 1. The van der Waals surface area contributed by atoms with Crippen LogP contribution in [-0.4, -0.2) is 45.9 Å². The highest BCUT2D eigenvalue weighted by Gasteiger charge is 2.62. The number of nitrogens with zero attached hydrogens (tertiary/aromatic N) is 4. The number of halogens is 1. The molecule has 3 aliphatic rings. The third-order valence-corrected chi connectivity index (χ3v) is 6.17. The molecule has 2 aromatic rings. The Labute approximate surface area is 171 Å². The molecule has 3 atom stereocenters. The van der Waals surface area contributed by atoms with Crippen LogP contribution in [0.4, 0.5) is 11.4 Å². The molecule has 29 heavy (non-hydrogen) atoms. The van der Waals surface area contributed by atoms with Gasteiger partial charge in [-0.2, -0.15) is 0 Å². The van der Waals surface area contributed by atoms with Crippen LogP contribution in [0.3, 0.4) is 0 Å². The lowest BCUT2D eigenvalue weighted by atomic mass is 9.90. The Morgan fingerprint density at radius 1 is 0.966 bits per heavy atom. The van der Waals surface area contributed by atoms with Crippen molar-refractivity contribution in [1.29, 1.82) is 0 Å². The number of nitro groups is 1. The molecule has 5 rings (SSSR count). The van der Waals surface area contributed by atoms with Crippen molar-refractivity contribution in [2.24, 2.45) is 5.92 Å². The van der Waals surface area contributed by atoms with Gasteiger partial charge < -0.3 is 0 Å². The lowest BCUT2D eigenvalue weighted by Gasteiger charge is -2.29. The summed E-state index contributed by atoms with van der Waals surface area (Å²) in [6.45, 7) is 1.48. The number of hydrogen-bond donors (Lipinski definition) is 0. The van der Waals surface area contributed by atoms with Crippen molar-refractivity contribution in [1.82, 2.24) is 10.0 Å². The van der Waals surface area contributed by atoms with Gasteiger partial charge in [-0.3, -0.25) is 19.7 Å². The van der Waals surface area contributed by atoms with Gasteiger partial charge in [-0.25, -0.2) is 14.9 Å². The van der Waals surface area contributed by atoms with Crippen LogP contribution in [0.2, 0.25) is 5.02 Å². The molecule has 9 heteroatoms. The Hall–Kier alpha value is -2.81. The van der Waals surface area contributed by atoms with Crippen molar-refractivity contribution < 1.29 is 14.5 Å². The second-order valence-electron chi connectivity index (χ2n) is 7.44. The molecule has 0 spiro atoms. The Kier molecular flexibility index (Phi) is 4.16. The Morgan fingerprint density at radius 3 is 2.34 bits per heavy atom. The fourth-order valence-electron chi connectivity index (χ4n) is 4.77. The van der Waals surface area contributed by atoms with Crippen molar-refractivity contribution in [2.45, 2.75) is 18.5 Å². The van der Waals surface area contributed by atoms with Gasteiger partial charge in [0, 0.05) is 30.2 Å². The zero-order valence-electron chi connectivity index (χ0n) is 15.3. The summed E-state index contributed by atoms with van der Waals surface area (Å²) in [7, 11) is 0. The first-order chi connectivity index (χ1) is 14.0. The summed E-state index contributed by atoms with van der Waals surface area (Å²) in [6, 6.07) is 12.1. The minimum atomic E-state index is -0.593. The Balaban J connectivity index is 1.57. The van der Waals surface area contributed by atoms with E-state index in [1.807, 2.05) is 17.1 Å². The van der Waals surface area contributed by atoms with Crippen molar-refractivity contribution in [2.75, 3.05) is 18.0 Å². The molecule has 8 nitrogen and oxygen atoms in total. The number of non-ortho nitro benzene ring substituents is 1. The molecule has 0 radical (unpaired) electrons. The smallest absolute Gasteiger partial charge is 0.271 e. The molecule has 3 saturated heterocycles. The molecule has 3 aliphatic heterocycles. The molecule has 3 heterocycles. The average Bonchev–Trinajstić information content (AvgIpc) is 3.35. The number of carbonyl (C=O) groups is 2. The molecule has 2 amide bonds. The highest BCUT2D eigenvalue weighted by molar-refractivity contribution is 6.30. The predicted octanol–water partition coefficient (Wildman–Crippen LogP) is 2.78. The van der Waals surface area contributed by atoms with E-state index in [9.17, 15) is 19.7 Å². The van der Waals surface area contributed by atoms with Crippen molar-refractivity contribution >= 4 is 34.8 Å². The number of benzene rings is 2. The zero-order chi connectivity index (χ0) is 20.3. The molecule has 0 aromatic heterocycles. The second kappa shape index (κ2) is 6.62. The van der Waals surface area contributed by atoms with E-state index in [1.54, 1.807) is 18.2 Å². The average molecular weight is 413 g/mol. The van der Waals surface area contributed by atoms with E-state index in [0.717, 1.165) is 23.4 Å². The topological polar surface area (TPSA) is 87.0 Å². The molecule has 0 unspecified atom stereocenters. The number of amides is 2. The quantitative estimate of drug-likeness (QED) is 0.437. The molecule has 0 N–H and O–H groups in total. The minimum Gasteiger partial charge on any atom is -0.274 e. The van der Waals surface area contributed by atoms with E-state index in [0.29, 0.717) is 11.6 Å². The van der Waals surface area contributed by atoms with Crippen LogP contribution in [0.15, 0.2) is 48.5 Å². The lowest BCUT2D eigenvalue weighted by Crippen LogP contribution is -2.44. The first-order valence-electron chi connectivity index (χ1n) is 9.38. The number of rotatable bonds is 3. The molecule has 2 aromatic carbocycles. The van der Waals surface area contributed by atoms with Crippen molar-refractivity contribution in [3.05, 3.63) is 69.2 Å². The van der Waals surface area contributed by atoms with Crippen LogP contribution in [0.1, 0.15) is 18.0 Å². The van der Waals surface area contributed by atoms with Crippen LogP contribution >= 0.6 is 11.6 Å². The standard InChI is InChI=1S/C20H17ClN4O4/c21-13-7-5-12(6-8-13)17-16-18(23-10-2-9-22(17)23)20(27)24(19(16)26)14-3-1-4-15(11-14)25(28)29/h1,3-8,11,16-18H,2,9-10H2/t16-,17+,18-/m1/s1. The van der Waals surface area contributed by atoms with E-state index >= 15 is 0 Å². The van der Waals surface area contributed by atoms with E-state index in [1.165, 1.54) is 18.2 Å². The summed E-state index contributed by atoms with van der Waals surface area (Å²) in [4.78, 5) is 38.4. The number of carbonyl (C=O) groups excluding carboxylic acids is 2. The van der Waals surface area contributed by atoms with Crippen molar-refractivity contribution in [3.63, 3.8) is 0 Å².